The van der Waals surface area contributed by atoms with Crippen LogP contribution >= 0.6 is 23.4 Å². The summed E-state index contributed by atoms with van der Waals surface area (Å²) in [4.78, 5) is 14.5. The van der Waals surface area contributed by atoms with E-state index in [0.29, 0.717) is 5.02 Å². The Morgan fingerprint density at radius 1 is 1.17 bits per heavy atom. The number of rotatable bonds is 4. The molecule has 5 nitrogen and oxygen atoms in total. The number of nitrogens with zero attached hydrogens (tertiary/aromatic N) is 4. The Labute approximate surface area is 151 Å². The highest BCUT2D eigenvalue weighted by atomic mass is 35.5. The number of amides is 1. The molecule has 0 unspecified atom stereocenters. The molecule has 1 amide bonds. The first-order chi connectivity index (χ1) is 11.6. The van der Waals surface area contributed by atoms with Gasteiger partial charge < -0.3 is 9.47 Å². The molecule has 0 bridgehead atoms. The van der Waals surface area contributed by atoms with E-state index in [4.69, 9.17) is 11.6 Å². The summed E-state index contributed by atoms with van der Waals surface area (Å²) in [5.41, 5.74) is 0.955. The van der Waals surface area contributed by atoms with Gasteiger partial charge in [0.25, 0.3) is 0 Å². The Hall–Kier alpha value is -1.53. The summed E-state index contributed by atoms with van der Waals surface area (Å²) in [7, 11) is 1.92. The average molecular weight is 365 g/mol. The molecule has 0 radical (unpaired) electrons. The zero-order chi connectivity index (χ0) is 17.1. The van der Waals surface area contributed by atoms with Crippen molar-refractivity contribution in [3.05, 3.63) is 29.3 Å². The number of aromatic nitrogens is 3. The van der Waals surface area contributed by atoms with E-state index in [1.165, 1.54) is 18.2 Å². The van der Waals surface area contributed by atoms with Crippen molar-refractivity contribution in [1.82, 2.24) is 19.7 Å². The predicted molar refractivity (Wildman–Crippen MR) is 97.2 cm³/mol. The largest absolute Gasteiger partial charge is 0.342 e. The Kier molecular flexibility index (Phi) is 5.46. The molecule has 3 rings (SSSR count). The summed E-state index contributed by atoms with van der Waals surface area (Å²) in [5, 5.41) is 9.79. The maximum Gasteiger partial charge on any atom is 0.235 e. The van der Waals surface area contributed by atoms with E-state index in [0.717, 1.165) is 42.5 Å². The van der Waals surface area contributed by atoms with Crippen LogP contribution in [0.15, 0.2) is 29.4 Å². The maximum atomic E-state index is 12.6. The molecule has 7 heteroatoms. The molecule has 0 spiro atoms. The van der Waals surface area contributed by atoms with Gasteiger partial charge in [-0.25, -0.2) is 0 Å². The van der Waals surface area contributed by atoms with Crippen molar-refractivity contribution in [2.24, 2.45) is 7.05 Å². The van der Waals surface area contributed by atoms with Crippen LogP contribution in [0.4, 0.5) is 0 Å². The molecule has 0 saturated carbocycles. The molecule has 0 aliphatic carbocycles. The summed E-state index contributed by atoms with van der Waals surface area (Å²) >= 11 is 7.40. The van der Waals surface area contributed by atoms with Gasteiger partial charge in [0.05, 0.1) is 5.25 Å². The van der Waals surface area contributed by atoms with Crippen molar-refractivity contribution in [3.63, 3.8) is 0 Å². The molecule has 2 aromatic rings. The van der Waals surface area contributed by atoms with Gasteiger partial charge in [-0.1, -0.05) is 23.4 Å². The first-order valence-corrected chi connectivity index (χ1v) is 9.43. The molecule has 1 aliphatic heterocycles. The van der Waals surface area contributed by atoms with Crippen LogP contribution < -0.4 is 0 Å². The molecule has 1 aromatic carbocycles. The fourth-order valence-corrected chi connectivity index (χ4v) is 3.87. The normalized spacial score (nSPS) is 16.2. The number of benzene rings is 1. The number of carbonyl (C=O) groups is 1. The van der Waals surface area contributed by atoms with Crippen molar-refractivity contribution in [1.29, 1.82) is 0 Å². The Balaban J connectivity index is 1.71. The summed E-state index contributed by atoms with van der Waals surface area (Å²) in [5.74, 6) is 0.961. The predicted octanol–water partition coefficient (Wildman–Crippen LogP) is 3.63. The minimum Gasteiger partial charge on any atom is -0.342 e. The average Bonchev–Trinajstić information content (AvgIpc) is 2.96. The fourth-order valence-electron chi connectivity index (χ4n) is 2.85. The lowest BCUT2D eigenvalue weighted by molar-refractivity contribution is -0.131. The minimum atomic E-state index is -0.163. The molecule has 1 aliphatic rings. The van der Waals surface area contributed by atoms with E-state index in [2.05, 4.69) is 10.2 Å². The highest BCUT2D eigenvalue weighted by Crippen LogP contribution is 2.27. The molecular formula is C17H21ClN4OS. The zero-order valence-electron chi connectivity index (χ0n) is 13.9. The van der Waals surface area contributed by atoms with Gasteiger partial charge in [0, 0.05) is 30.7 Å². The lowest BCUT2D eigenvalue weighted by Gasteiger charge is -2.28. The SMILES string of the molecule is C[C@H](Sc1nnc(-c2ccc(Cl)cc2)n1C)C(=O)N1CCCCC1. The third-order valence-corrected chi connectivity index (χ3v) is 5.61. The first-order valence-electron chi connectivity index (χ1n) is 8.17. The fraction of sp³-hybridized carbons (Fsp3) is 0.471. The van der Waals surface area contributed by atoms with E-state index in [1.807, 2.05) is 47.7 Å². The number of piperidine rings is 1. The lowest BCUT2D eigenvalue weighted by Crippen LogP contribution is -2.40. The van der Waals surface area contributed by atoms with Crippen molar-refractivity contribution in [3.8, 4) is 11.4 Å². The third-order valence-electron chi connectivity index (χ3n) is 4.24. The number of thioether (sulfide) groups is 1. The van der Waals surface area contributed by atoms with Gasteiger partial charge in [-0.3, -0.25) is 4.79 Å². The number of carbonyl (C=O) groups excluding carboxylic acids is 1. The molecule has 0 N–H and O–H groups in total. The number of hydrogen-bond acceptors (Lipinski definition) is 4. The van der Waals surface area contributed by atoms with Crippen LogP contribution in [0.1, 0.15) is 26.2 Å². The molecule has 1 atom stereocenters. The molecule has 1 fully saturated rings. The monoisotopic (exact) mass is 364 g/mol. The summed E-state index contributed by atoms with van der Waals surface area (Å²) < 4.78 is 1.92. The van der Waals surface area contributed by atoms with Gasteiger partial charge >= 0.3 is 0 Å². The Morgan fingerprint density at radius 3 is 2.50 bits per heavy atom. The highest BCUT2D eigenvalue weighted by Gasteiger charge is 2.25. The first kappa shape index (κ1) is 17.3. The lowest BCUT2D eigenvalue weighted by atomic mass is 10.1. The van der Waals surface area contributed by atoms with Crippen LogP contribution in [0.2, 0.25) is 5.02 Å². The molecule has 1 saturated heterocycles. The molecule has 24 heavy (non-hydrogen) atoms. The second kappa shape index (κ2) is 7.57. The molecular weight excluding hydrogens is 344 g/mol. The zero-order valence-corrected chi connectivity index (χ0v) is 15.5. The minimum absolute atomic E-state index is 0.163. The van der Waals surface area contributed by atoms with Gasteiger partial charge in [-0.05, 0) is 50.5 Å². The molecule has 2 heterocycles. The van der Waals surface area contributed by atoms with Crippen LogP contribution in [0.25, 0.3) is 11.4 Å². The van der Waals surface area contributed by atoms with Gasteiger partial charge in [0.1, 0.15) is 0 Å². The van der Waals surface area contributed by atoms with Gasteiger partial charge in [-0.15, -0.1) is 10.2 Å². The second-order valence-corrected chi connectivity index (χ2v) is 7.76. The standard InChI is InChI=1S/C17H21ClN4OS/c1-12(16(23)22-10-4-3-5-11-22)24-17-20-19-15(21(17)2)13-6-8-14(18)9-7-13/h6-9,12H,3-5,10-11H2,1-2H3/t12-/m0/s1. The number of likely N-dealkylation sites (tertiary alicyclic amines) is 1. The van der Waals surface area contributed by atoms with E-state index in [-0.39, 0.29) is 11.2 Å². The van der Waals surface area contributed by atoms with E-state index in [9.17, 15) is 4.79 Å². The van der Waals surface area contributed by atoms with E-state index in [1.54, 1.807) is 0 Å². The van der Waals surface area contributed by atoms with E-state index >= 15 is 0 Å². The number of hydrogen-bond donors (Lipinski definition) is 0. The van der Waals surface area contributed by atoms with Crippen LogP contribution in [0.5, 0.6) is 0 Å². The Morgan fingerprint density at radius 2 is 1.83 bits per heavy atom. The topological polar surface area (TPSA) is 51.0 Å². The Bertz CT molecular complexity index is 710. The van der Waals surface area contributed by atoms with Crippen LogP contribution in [-0.4, -0.2) is 43.9 Å². The van der Waals surface area contributed by atoms with Crippen molar-refractivity contribution < 1.29 is 4.79 Å². The van der Waals surface area contributed by atoms with Crippen molar-refractivity contribution in [2.45, 2.75) is 36.6 Å². The van der Waals surface area contributed by atoms with Gasteiger partial charge in [0.15, 0.2) is 11.0 Å². The van der Waals surface area contributed by atoms with Gasteiger partial charge in [0.2, 0.25) is 5.91 Å². The van der Waals surface area contributed by atoms with Crippen molar-refractivity contribution in [2.75, 3.05) is 13.1 Å². The quantitative estimate of drug-likeness (QED) is 0.777. The smallest absolute Gasteiger partial charge is 0.235 e. The van der Waals surface area contributed by atoms with Crippen LogP contribution in [0, 0.1) is 0 Å². The van der Waals surface area contributed by atoms with Crippen LogP contribution in [0.3, 0.4) is 0 Å². The molecule has 1 aromatic heterocycles. The second-order valence-electron chi connectivity index (χ2n) is 6.02. The maximum absolute atomic E-state index is 12.6. The van der Waals surface area contributed by atoms with Crippen molar-refractivity contribution >= 4 is 29.3 Å². The van der Waals surface area contributed by atoms with E-state index < -0.39 is 0 Å². The van der Waals surface area contributed by atoms with Gasteiger partial charge in [-0.2, -0.15) is 0 Å². The summed E-state index contributed by atoms with van der Waals surface area (Å²) in [6.07, 6.45) is 3.43. The highest BCUT2D eigenvalue weighted by molar-refractivity contribution is 8.00. The number of halogens is 1. The summed E-state index contributed by atoms with van der Waals surface area (Å²) in [6.45, 7) is 3.69. The molecule has 128 valence electrons. The third kappa shape index (κ3) is 3.75. The summed E-state index contributed by atoms with van der Waals surface area (Å²) in [6, 6.07) is 7.51. The van der Waals surface area contributed by atoms with Crippen LogP contribution in [-0.2, 0) is 11.8 Å².